The van der Waals surface area contributed by atoms with Gasteiger partial charge in [0.15, 0.2) is 0 Å². The molecule has 1 aliphatic heterocycles. The summed E-state index contributed by atoms with van der Waals surface area (Å²) in [6.07, 6.45) is 3.64. The van der Waals surface area contributed by atoms with Crippen LogP contribution >= 0.6 is 0 Å². The molecule has 0 aliphatic carbocycles. The van der Waals surface area contributed by atoms with Crippen molar-refractivity contribution in [2.24, 2.45) is 12.8 Å². The Morgan fingerprint density at radius 1 is 1.20 bits per heavy atom. The summed E-state index contributed by atoms with van der Waals surface area (Å²) >= 11 is 0. The molecule has 0 radical (unpaired) electrons. The summed E-state index contributed by atoms with van der Waals surface area (Å²) in [5.41, 5.74) is 9.29. The Morgan fingerprint density at radius 2 is 1.89 bits per heavy atom. The monoisotopic (exact) mass is 475 g/mol. The summed E-state index contributed by atoms with van der Waals surface area (Å²) in [5.74, 6) is -0.423. The molecule has 3 atom stereocenters. The largest absolute Gasteiger partial charge is 0.366 e. The van der Waals surface area contributed by atoms with Crippen LogP contribution in [0.1, 0.15) is 55.6 Å². The molecule has 184 valence electrons. The zero-order chi connectivity index (χ0) is 25.3. The maximum Gasteiger partial charge on any atom is 0.252 e. The number of hydrogen-bond donors (Lipinski definition) is 1. The van der Waals surface area contributed by atoms with Crippen molar-refractivity contribution in [2.75, 3.05) is 18.0 Å². The van der Waals surface area contributed by atoms with Crippen LogP contribution in [0.2, 0.25) is 0 Å². The average molecular weight is 476 g/mol. The van der Waals surface area contributed by atoms with Gasteiger partial charge in [-0.25, -0.2) is 0 Å². The zero-order valence-electron chi connectivity index (χ0n) is 20.8. The highest BCUT2D eigenvalue weighted by Gasteiger charge is 2.36. The Kier molecular flexibility index (Phi) is 6.94. The fraction of sp³-hybridized carbons (Fsp3) is 0.462. The molecule has 3 aromatic rings. The number of nitrogens with two attached hydrogens (primary N) is 1. The van der Waals surface area contributed by atoms with Crippen LogP contribution in [0.5, 0.6) is 0 Å². The number of nitrogens with zero attached hydrogens (tertiary/aromatic N) is 6. The van der Waals surface area contributed by atoms with Gasteiger partial charge in [-0.3, -0.25) is 19.2 Å². The van der Waals surface area contributed by atoms with Gasteiger partial charge in [-0.1, -0.05) is 26.0 Å². The third-order valence-corrected chi connectivity index (χ3v) is 7.34. The average Bonchev–Trinajstić information content (AvgIpc) is 3.29. The first kappa shape index (κ1) is 24.5. The van der Waals surface area contributed by atoms with E-state index in [1.54, 1.807) is 40.7 Å². The van der Waals surface area contributed by atoms with Crippen molar-refractivity contribution >= 4 is 22.6 Å². The van der Waals surface area contributed by atoms with Gasteiger partial charge >= 0.3 is 0 Å². The second-order valence-corrected chi connectivity index (χ2v) is 9.28. The standard InChI is InChI=1S/C26H33N7O2/c1-5-20-15-33(22-13-24(34)30(4)23-16-31(12-11-27)29-25(22)23)21(6-2)14-32(20)17(3)18-7-9-19(10-8-18)26(28)35/h7-10,13,16-17,20-21H,5-6,12,14-15H2,1-4H3,(H2,28,35)/t17-,20-,21+/m1/s1. The number of amides is 1. The molecule has 0 unspecified atom stereocenters. The number of carbonyl (C=O) groups is 1. The molecule has 1 fully saturated rings. The smallest absolute Gasteiger partial charge is 0.252 e. The van der Waals surface area contributed by atoms with E-state index >= 15 is 0 Å². The van der Waals surface area contributed by atoms with E-state index < -0.39 is 5.91 Å². The predicted octanol–water partition coefficient (Wildman–Crippen LogP) is 2.80. The summed E-state index contributed by atoms with van der Waals surface area (Å²) in [4.78, 5) is 29.2. The predicted molar refractivity (Wildman–Crippen MR) is 136 cm³/mol. The van der Waals surface area contributed by atoms with Gasteiger partial charge in [-0.2, -0.15) is 10.4 Å². The molecule has 0 spiro atoms. The number of pyridine rings is 1. The van der Waals surface area contributed by atoms with E-state index in [4.69, 9.17) is 11.0 Å². The molecule has 9 nitrogen and oxygen atoms in total. The number of piperazine rings is 1. The lowest BCUT2D eigenvalue weighted by Gasteiger charge is -2.49. The molecule has 1 aliphatic rings. The number of fused-ring (bicyclic) bond motifs is 1. The second kappa shape index (κ2) is 9.92. The lowest BCUT2D eigenvalue weighted by molar-refractivity contribution is 0.0996. The summed E-state index contributed by atoms with van der Waals surface area (Å²) in [6, 6.07) is 12.0. The molecule has 9 heteroatoms. The number of carbonyl (C=O) groups excluding carboxylic acids is 1. The van der Waals surface area contributed by atoms with E-state index in [1.165, 1.54) is 0 Å². The van der Waals surface area contributed by atoms with Crippen LogP contribution in [0.15, 0.2) is 41.3 Å². The Morgan fingerprint density at radius 3 is 2.49 bits per heavy atom. The number of aromatic nitrogens is 3. The number of nitriles is 1. The highest BCUT2D eigenvalue weighted by molar-refractivity contribution is 5.92. The fourth-order valence-electron chi connectivity index (χ4n) is 5.18. The highest BCUT2D eigenvalue weighted by atomic mass is 16.1. The molecule has 0 bridgehead atoms. The molecule has 0 saturated carbocycles. The van der Waals surface area contributed by atoms with Crippen molar-refractivity contribution in [3.63, 3.8) is 0 Å². The molecular formula is C26H33N7O2. The number of aryl methyl sites for hydroxylation is 1. The Bertz CT molecular complexity index is 1320. The van der Waals surface area contributed by atoms with Crippen LogP contribution < -0.4 is 16.2 Å². The van der Waals surface area contributed by atoms with Gasteiger partial charge in [0.05, 0.1) is 23.5 Å². The van der Waals surface area contributed by atoms with Crippen LogP contribution in [0, 0.1) is 11.3 Å². The van der Waals surface area contributed by atoms with E-state index in [2.05, 4.69) is 41.7 Å². The topological polar surface area (TPSA) is 113 Å². The van der Waals surface area contributed by atoms with Gasteiger partial charge in [0.1, 0.15) is 12.1 Å². The molecule has 35 heavy (non-hydrogen) atoms. The Labute approximate surface area is 205 Å². The van der Waals surface area contributed by atoms with Crippen LogP contribution in [0.3, 0.4) is 0 Å². The first-order chi connectivity index (χ1) is 16.8. The van der Waals surface area contributed by atoms with Gasteiger partial charge in [-0.15, -0.1) is 0 Å². The summed E-state index contributed by atoms with van der Waals surface area (Å²) in [7, 11) is 1.74. The quantitative estimate of drug-likeness (QED) is 0.562. The van der Waals surface area contributed by atoms with Crippen molar-refractivity contribution < 1.29 is 4.79 Å². The molecule has 1 amide bonds. The van der Waals surface area contributed by atoms with Gasteiger partial charge in [-0.05, 0) is 37.5 Å². The lowest BCUT2D eigenvalue weighted by atomic mass is 9.96. The van der Waals surface area contributed by atoms with Crippen LogP contribution in [-0.4, -0.2) is 50.3 Å². The van der Waals surface area contributed by atoms with Crippen molar-refractivity contribution in [2.45, 2.75) is 58.3 Å². The van der Waals surface area contributed by atoms with E-state index in [0.29, 0.717) is 5.56 Å². The number of primary amides is 1. The lowest BCUT2D eigenvalue weighted by Crippen LogP contribution is -2.58. The Hall–Kier alpha value is -3.64. The SMILES string of the molecule is CC[C@H]1CN([C@H](C)c2ccc(C(N)=O)cc2)[C@H](CC)CN1c1cc(=O)n(C)c2cn(CC#N)nc12. The summed E-state index contributed by atoms with van der Waals surface area (Å²) in [5, 5.41) is 13.8. The third-order valence-electron chi connectivity index (χ3n) is 7.34. The molecule has 4 rings (SSSR count). The first-order valence-electron chi connectivity index (χ1n) is 12.1. The van der Waals surface area contributed by atoms with Gasteiger partial charge in [0.2, 0.25) is 5.91 Å². The molecule has 2 aromatic heterocycles. The van der Waals surface area contributed by atoms with Crippen molar-refractivity contribution in [3.8, 4) is 6.07 Å². The van der Waals surface area contributed by atoms with Crippen LogP contribution in [0.4, 0.5) is 5.69 Å². The molecule has 1 aromatic carbocycles. The fourth-order valence-corrected chi connectivity index (χ4v) is 5.18. The van der Waals surface area contributed by atoms with Crippen LogP contribution in [-0.2, 0) is 13.6 Å². The Balaban J connectivity index is 1.69. The molecule has 2 N–H and O–H groups in total. The highest BCUT2D eigenvalue weighted by Crippen LogP contribution is 2.34. The second-order valence-electron chi connectivity index (χ2n) is 9.28. The minimum atomic E-state index is -0.423. The summed E-state index contributed by atoms with van der Waals surface area (Å²) < 4.78 is 3.19. The van der Waals surface area contributed by atoms with Gasteiger partial charge < -0.3 is 15.2 Å². The van der Waals surface area contributed by atoms with Crippen LogP contribution in [0.25, 0.3) is 11.0 Å². The minimum absolute atomic E-state index is 0.0859. The number of rotatable bonds is 7. The minimum Gasteiger partial charge on any atom is -0.366 e. The number of benzene rings is 1. The summed E-state index contributed by atoms with van der Waals surface area (Å²) in [6.45, 7) is 8.30. The third kappa shape index (κ3) is 4.54. The maximum absolute atomic E-state index is 12.8. The van der Waals surface area contributed by atoms with Crippen molar-refractivity contribution in [1.29, 1.82) is 5.26 Å². The maximum atomic E-state index is 12.8. The number of anilines is 1. The molecule has 3 heterocycles. The van der Waals surface area contributed by atoms with E-state index in [1.807, 2.05) is 12.1 Å². The number of hydrogen-bond acceptors (Lipinski definition) is 6. The molecular weight excluding hydrogens is 442 g/mol. The van der Waals surface area contributed by atoms with E-state index in [0.717, 1.165) is 48.2 Å². The van der Waals surface area contributed by atoms with Crippen molar-refractivity contribution in [1.82, 2.24) is 19.2 Å². The van der Waals surface area contributed by atoms with Gasteiger partial charge in [0.25, 0.3) is 5.56 Å². The van der Waals surface area contributed by atoms with E-state index in [9.17, 15) is 9.59 Å². The molecule has 1 saturated heterocycles. The first-order valence-corrected chi connectivity index (χ1v) is 12.1. The van der Waals surface area contributed by atoms with E-state index in [-0.39, 0.29) is 30.2 Å². The van der Waals surface area contributed by atoms with Gasteiger partial charge in [0, 0.05) is 49.9 Å². The van der Waals surface area contributed by atoms with Crippen molar-refractivity contribution in [3.05, 3.63) is 58.0 Å². The normalized spacial score (nSPS) is 19.6. The zero-order valence-corrected chi connectivity index (χ0v) is 20.8.